The first kappa shape index (κ1) is 16.2. The second-order valence-corrected chi connectivity index (χ2v) is 6.86. The third-order valence-corrected chi connectivity index (χ3v) is 5.12. The molecule has 3 rings (SSSR count). The molecule has 0 aromatic rings. The quantitative estimate of drug-likeness (QED) is 0.757. The summed E-state index contributed by atoms with van der Waals surface area (Å²) in [5, 5.41) is 2.77. The maximum Gasteiger partial charge on any atom is 0.325 e. The number of nitrogens with zero attached hydrogens (tertiary/aromatic N) is 2. The lowest BCUT2D eigenvalue weighted by molar-refractivity contribution is -0.141. The molecule has 2 heterocycles. The van der Waals surface area contributed by atoms with Gasteiger partial charge < -0.3 is 15.0 Å². The van der Waals surface area contributed by atoms with Crippen LogP contribution in [-0.2, 0) is 14.3 Å². The fraction of sp³-hybridized carbons (Fsp3) is 0.812. The molecule has 4 amide bonds. The highest BCUT2D eigenvalue weighted by Gasteiger charge is 2.56. The van der Waals surface area contributed by atoms with E-state index in [1.807, 2.05) is 6.92 Å². The number of imide groups is 1. The van der Waals surface area contributed by atoms with E-state index in [-0.39, 0.29) is 30.4 Å². The number of rotatable bonds is 5. The van der Waals surface area contributed by atoms with Gasteiger partial charge in [-0.2, -0.15) is 0 Å². The van der Waals surface area contributed by atoms with Gasteiger partial charge in [-0.1, -0.05) is 0 Å². The number of piperidine rings is 1. The summed E-state index contributed by atoms with van der Waals surface area (Å²) in [5.74, 6) is -0.244. The average Bonchev–Trinajstić information content (AvgIpc) is 3.34. The number of nitrogens with one attached hydrogen (secondary N) is 1. The Morgan fingerprint density at radius 1 is 1.35 bits per heavy atom. The lowest BCUT2D eigenvalue weighted by atomic mass is 9.96. The van der Waals surface area contributed by atoms with E-state index in [1.165, 1.54) is 0 Å². The second kappa shape index (κ2) is 6.11. The molecule has 0 aromatic carbocycles. The number of likely N-dealkylation sites (tertiary alicyclic amines) is 1. The van der Waals surface area contributed by atoms with E-state index in [0.717, 1.165) is 30.6 Å². The number of urea groups is 1. The third-order valence-electron chi connectivity index (χ3n) is 5.12. The van der Waals surface area contributed by atoms with Crippen LogP contribution in [0.15, 0.2) is 0 Å². The van der Waals surface area contributed by atoms with E-state index < -0.39 is 11.6 Å². The summed E-state index contributed by atoms with van der Waals surface area (Å²) in [5.41, 5.74) is -0.826. The number of carbonyl (C=O) groups excluding carboxylic acids is 3. The maximum atomic E-state index is 12.6. The van der Waals surface area contributed by atoms with E-state index in [1.54, 1.807) is 11.8 Å². The number of ether oxygens (including phenoxy) is 1. The van der Waals surface area contributed by atoms with Crippen molar-refractivity contribution in [2.24, 2.45) is 5.92 Å². The van der Waals surface area contributed by atoms with Crippen molar-refractivity contribution < 1.29 is 19.1 Å². The topological polar surface area (TPSA) is 79.0 Å². The molecule has 1 aliphatic carbocycles. The smallest absolute Gasteiger partial charge is 0.325 e. The molecule has 23 heavy (non-hydrogen) atoms. The molecule has 1 N–H and O–H groups in total. The van der Waals surface area contributed by atoms with Crippen molar-refractivity contribution in [2.45, 2.75) is 51.2 Å². The zero-order valence-electron chi connectivity index (χ0n) is 13.8. The zero-order valence-corrected chi connectivity index (χ0v) is 13.8. The first-order chi connectivity index (χ1) is 11.0. The van der Waals surface area contributed by atoms with Gasteiger partial charge in [0.15, 0.2) is 0 Å². The summed E-state index contributed by atoms with van der Waals surface area (Å²) in [6.07, 6.45) is 3.79. The summed E-state index contributed by atoms with van der Waals surface area (Å²) in [7, 11) is 0. The number of hydrogen-bond acceptors (Lipinski definition) is 4. The van der Waals surface area contributed by atoms with Crippen LogP contribution < -0.4 is 5.32 Å². The molecule has 7 nitrogen and oxygen atoms in total. The molecule has 2 unspecified atom stereocenters. The summed E-state index contributed by atoms with van der Waals surface area (Å²) in [4.78, 5) is 39.9. The van der Waals surface area contributed by atoms with Gasteiger partial charge >= 0.3 is 6.03 Å². The number of carbonyl (C=O) groups is 3. The highest BCUT2D eigenvalue weighted by atomic mass is 16.5. The molecule has 0 radical (unpaired) electrons. The van der Waals surface area contributed by atoms with E-state index in [2.05, 4.69) is 5.32 Å². The van der Waals surface area contributed by atoms with Crippen LogP contribution in [0.3, 0.4) is 0 Å². The van der Waals surface area contributed by atoms with Gasteiger partial charge in [-0.25, -0.2) is 4.79 Å². The minimum absolute atomic E-state index is 0.0533. The molecule has 1 saturated carbocycles. The van der Waals surface area contributed by atoms with Crippen molar-refractivity contribution in [1.82, 2.24) is 15.1 Å². The molecule has 3 aliphatic rings. The highest BCUT2D eigenvalue weighted by Crippen LogP contribution is 2.42. The van der Waals surface area contributed by atoms with Gasteiger partial charge in [-0.3, -0.25) is 14.5 Å². The molecular formula is C16H25N3O4. The van der Waals surface area contributed by atoms with Crippen LogP contribution in [0.25, 0.3) is 0 Å². The SMILES string of the molecule is CCOC1CCCN(C(=O)CN2C(=O)NC(C)(C3CC3)C2=O)C1. The van der Waals surface area contributed by atoms with Crippen molar-refractivity contribution in [3.63, 3.8) is 0 Å². The Hall–Kier alpha value is -1.63. The predicted octanol–water partition coefficient (Wildman–Crippen LogP) is 0.734. The molecule has 0 bridgehead atoms. The van der Waals surface area contributed by atoms with Gasteiger partial charge in [0.1, 0.15) is 12.1 Å². The Labute approximate surface area is 136 Å². The van der Waals surface area contributed by atoms with Crippen molar-refractivity contribution >= 4 is 17.8 Å². The van der Waals surface area contributed by atoms with Crippen LogP contribution in [0.1, 0.15) is 39.5 Å². The van der Waals surface area contributed by atoms with Crippen molar-refractivity contribution in [3.8, 4) is 0 Å². The molecule has 7 heteroatoms. The first-order valence-electron chi connectivity index (χ1n) is 8.49. The predicted molar refractivity (Wildman–Crippen MR) is 82.6 cm³/mol. The molecule has 0 spiro atoms. The van der Waals surface area contributed by atoms with Gasteiger partial charge in [-0.05, 0) is 45.4 Å². The van der Waals surface area contributed by atoms with Gasteiger partial charge in [0, 0.05) is 19.7 Å². The molecule has 2 aliphatic heterocycles. The third kappa shape index (κ3) is 3.06. The molecule has 2 saturated heterocycles. The maximum absolute atomic E-state index is 12.6. The summed E-state index contributed by atoms with van der Waals surface area (Å²) in [6.45, 7) is 5.35. The molecule has 2 atom stereocenters. The van der Waals surface area contributed by atoms with Gasteiger partial charge in [0.25, 0.3) is 5.91 Å². The van der Waals surface area contributed by atoms with Crippen LogP contribution in [0.5, 0.6) is 0 Å². The Kier molecular flexibility index (Phi) is 4.31. The fourth-order valence-electron chi connectivity index (χ4n) is 3.57. The lowest BCUT2D eigenvalue weighted by Gasteiger charge is -2.33. The Bertz CT molecular complexity index is 517. The Morgan fingerprint density at radius 3 is 2.74 bits per heavy atom. The fourth-order valence-corrected chi connectivity index (χ4v) is 3.57. The van der Waals surface area contributed by atoms with E-state index in [0.29, 0.717) is 19.7 Å². The largest absolute Gasteiger partial charge is 0.377 e. The lowest BCUT2D eigenvalue weighted by Crippen LogP contribution is -2.49. The molecule has 3 fully saturated rings. The summed E-state index contributed by atoms with van der Waals surface area (Å²) < 4.78 is 5.59. The molecule has 0 aromatic heterocycles. The highest BCUT2D eigenvalue weighted by molar-refractivity contribution is 6.09. The minimum atomic E-state index is -0.826. The van der Waals surface area contributed by atoms with Crippen LogP contribution in [0.2, 0.25) is 0 Å². The summed E-state index contributed by atoms with van der Waals surface area (Å²) in [6, 6.07) is -0.448. The monoisotopic (exact) mass is 323 g/mol. The van der Waals surface area contributed by atoms with Crippen molar-refractivity contribution in [1.29, 1.82) is 0 Å². The van der Waals surface area contributed by atoms with Crippen molar-refractivity contribution in [2.75, 3.05) is 26.2 Å². The van der Waals surface area contributed by atoms with Crippen LogP contribution in [0, 0.1) is 5.92 Å². The number of hydrogen-bond donors (Lipinski definition) is 1. The van der Waals surface area contributed by atoms with Gasteiger partial charge in [-0.15, -0.1) is 0 Å². The minimum Gasteiger partial charge on any atom is -0.377 e. The molecule has 128 valence electrons. The molecular weight excluding hydrogens is 298 g/mol. The van der Waals surface area contributed by atoms with E-state index >= 15 is 0 Å². The van der Waals surface area contributed by atoms with Crippen LogP contribution in [-0.4, -0.2) is 65.5 Å². The van der Waals surface area contributed by atoms with Crippen LogP contribution in [0.4, 0.5) is 4.79 Å². The average molecular weight is 323 g/mol. The second-order valence-electron chi connectivity index (χ2n) is 6.86. The Balaban J connectivity index is 1.61. The normalized spacial score (nSPS) is 31.5. The van der Waals surface area contributed by atoms with Crippen LogP contribution >= 0.6 is 0 Å². The van der Waals surface area contributed by atoms with E-state index in [9.17, 15) is 14.4 Å². The van der Waals surface area contributed by atoms with Crippen molar-refractivity contribution in [3.05, 3.63) is 0 Å². The summed E-state index contributed by atoms with van der Waals surface area (Å²) >= 11 is 0. The Morgan fingerprint density at radius 2 is 2.09 bits per heavy atom. The van der Waals surface area contributed by atoms with Gasteiger partial charge in [0.2, 0.25) is 5.91 Å². The standard InChI is InChI=1S/C16H25N3O4/c1-3-23-12-5-4-8-18(9-12)13(20)10-19-14(21)16(2,11-6-7-11)17-15(19)22/h11-12H,3-10H2,1-2H3,(H,17,22). The zero-order chi connectivity index (χ0) is 16.6. The first-order valence-corrected chi connectivity index (χ1v) is 8.49. The van der Waals surface area contributed by atoms with E-state index in [4.69, 9.17) is 4.74 Å². The van der Waals surface area contributed by atoms with Gasteiger partial charge in [0.05, 0.1) is 6.10 Å². The number of amides is 4.